The first-order chi connectivity index (χ1) is 14.4. The van der Waals surface area contributed by atoms with E-state index in [1.807, 2.05) is 7.11 Å². The van der Waals surface area contributed by atoms with Crippen molar-refractivity contribution in [2.45, 2.75) is 104 Å². The average molecular weight is 412 g/mol. The van der Waals surface area contributed by atoms with E-state index >= 15 is 0 Å². The first-order valence-electron chi connectivity index (χ1n) is 13.3. The fraction of sp³-hybridized carbons (Fsp3) is 0.929. The lowest BCUT2D eigenvalue weighted by Crippen LogP contribution is -2.51. The largest absolute Gasteiger partial charge is 0.381 e. The molecule has 11 atom stereocenters. The van der Waals surface area contributed by atoms with E-state index in [4.69, 9.17) is 4.74 Å². The molecule has 0 bridgehead atoms. The summed E-state index contributed by atoms with van der Waals surface area (Å²) >= 11 is 0. The summed E-state index contributed by atoms with van der Waals surface area (Å²) in [6.45, 7) is 11.9. The van der Waals surface area contributed by atoms with E-state index in [1.165, 1.54) is 64.3 Å². The van der Waals surface area contributed by atoms with Crippen molar-refractivity contribution in [3.8, 4) is 0 Å². The van der Waals surface area contributed by atoms with Crippen LogP contribution in [0.2, 0.25) is 0 Å². The van der Waals surface area contributed by atoms with Crippen molar-refractivity contribution >= 4 is 0 Å². The van der Waals surface area contributed by atoms with Gasteiger partial charge in [0, 0.05) is 25.7 Å². The highest BCUT2D eigenvalue weighted by atomic mass is 16.5. The van der Waals surface area contributed by atoms with Crippen LogP contribution < -0.4 is 0 Å². The Kier molecular flexibility index (Phi) is 4.62. The van der Waals surface area contributed by atoms with E-state index in [2.05, 4.69) is 38.7 Å². The molecule has 2 nitrogen and oxygen atoms in total. The first-order valence-corrected chi connectivity index (χ1v) is 13.3. The normalized spacial score (nSPS) is 57.6. The van der Waals surface area contributed by atoms with E-state index in [-0.39, 0.29) is 0 Å². The Morgan fingerprint density at radius 3 is 2.63 bits per heavy atom. The Hall–Kier alpha value is -0.340. The van der Waals surface area contributed by atoms with Gasteiger partial charge in [0.1, 0.15) is 0 Å². The third kappa shape index (κ3) is 2.56. The molecule has 6 rings (SSSR count). The summed E-state index contributed by atoms with van der Waals surface area (Å²) in [6, 6.07) is 1.79. The van der Waals surface area contributed by atoms with Gasteiger partial charge in [0.25, 0.3) is 0 Å². The zero-order valence-electron chi connectivity index (χ0n) is 20.2. The summed E-state index contributed by atoms with van der Waals surface area (Å²) in [4.78, 5) is 3.04. The van der Waals surface area contributed by atoms with Crippen LogP contribution in [-0.4, -0.2) is 36.7 Å². The molecule has 0 N–H and O–H groups in total. The Morgan fingerprint density at radius 1 is 1.00 bits per heavy atom. The maximum absolute atomic E-state index is 5.78. The monoisotopic (exact) mass is 411 g/mol. The molecule has 9 unspecified atom stereocenters. The van der Waals surface area contributed by atoms with Crippen molar-refractivity contribution in [1.82, 2.24) is 4.90 Å². The summed E-state index contributed by atoms with van der Waals surface area (Å²) in [5, 5.41) is 0. The summed E-state index contributed by atoms with van der Waals surface area (Å²) in [6.07, 6.45) is 15.8. The summed E-state index contributed by atoms with van der Waals surface area (Å²) in [5.74, 6) is 5.61. The van der Waals surface area contributed by atoms with E-state index < -0.39 is 0 Å². The predicted octanol–water partition coefficient (Wildman–Crippen LogP) is 6.31. The van der Waals surface area contributed by atoms with Gasteiger partial charge in [0.15, 0.2) is 0 Å². The van der Waals surface area contributed by atoms with Crippen LogP contribution in [0.5, 0.6) is 0 Å². The minimum absolute atomic E-state index is 0.463. The van der Waals surface area contributed by atoms with Gasteiger partial charge < -0.3 is 4.74 Å². The van der Waals surface area contributed by atoms with E-state index in [1.54, 1.807) is 5.57 Å². The number of piperidine rings is 1. The fourth-order valence-electron chi connectivity index (χ4n) is 10.6. The van der Waals surface area contributed by atoms with E-state index in [9.17, 15) is 0 Å². The molecule has 30 heavy (non-hydrogen) atoms. The zero-order chi connectivity index (χ0) is 20.8. The number of rotatable bonds is 1. The van der Waals surface area contributed by atoms with Crippen LogP contribution in [0.1, 0.15) is 85.5 Å². The van der Waals surface area contributed by atoms with Gasteiger partial charge in [0.05, 0.1) is 6.10 Å². The smallest absolute Gasteiger partial charge is 0.0608 e. The van der Waals surface area contributed by atoms with Crippen LogP contribution in [-0.2, 0) is 4.74 Å². The minimum Gasteiger partial charge on any atom is -0.381 e. The maximum atomic E-state index is 5.78. The quantitative estimate of drug-likeness (QED) is 0.469. The number of methoxy groups -OCH3 is 1. The second-order valence-corrected chi connectivity index (χ2v) is 13.0. The van der Waals surface area contributed by atoms with Gasteiger partial charge in [-0.2, -0.15) is 0 Å². The van der Waals surface area contributed by atoms with Crippen LogP contribution in [0.15, 0.2) is 11.6 Å². The van der Waals surface area contributed by atoms with Gasteiger partial charge in [-0.15, -0.1) is 0 Å². The van der Waals surface area contributed by atoms with Crippen LogP contribution in [0.4, 0.5) is 0 Å². The van der Waals surface area contributed by atoms with Crippen molar-refractivity contribution in [1.29, 1.82) is 0 Å². The molecule has 0 radical (unpaired) electrons. The molecule has 0 spiro atoms. The second kappa shape index (κ2) is 6.83. The molecule has 5 fully saturated rings. The number of allylic oxidation sites excluding steroid dienone is 1. The zero-order valence-corrected chi connectivity index (χ0v) is 20.2. The minimum atomic E-state index is 0.463. The molecule has 168 valence electrons. The lowest BCUT2D eigenvalue weighted by Gasteiger charge is -2.58. The molecular weight excluding hydrogens is 366 g/mol. The Balaban J connectivity index is 1.31. The molecule has 0 aromatic heterocycles. The lowest BCUT2D eigenvalue weighted by molar-refractivity contribution is -0.0603. The van der Waals surface area contributed by atoms with Gasteiger partial charge in [0.2, 0.25) is 0 Å². The molecule has 2 aliphatic heterocycles. The molecule has 4 aliphatic carbocycles. The molecule has 0 aromatic carbocycles. The number of ether oxygens (including phenoxy) is 1. The fourth-order valence-corrected chi connectivity index (χ4v) is 10.6. The molecular formula is C28H45NO. The molecule has 0 aromatic rings. The SMILES string of the molecule is COC1CCC2(C)C(=CCC3C2CCC2(C)C3CC3C2[C@H](C)C2CC[C@H](C)CN32)C1. The van der Waals surface area contributed by atoms with Gasteiger partial charge >= 0.3 is 0 Å². The molecule has 2 heteroatoms. The van der Waals surface area contributed by atoms with E-state index in [0.717, 1.165) is 47.6 Å². The van der Waals surface area contributed by atoms with Crippen LogP contribution >= 0.6 is 0 Å². The van der Waals surface area contributed by atoms with E-state index in [0.29, 0.717) is 16.9 Å². The second-order valence-electron chi connectivity index (χ2n) is 13.0. The Bertz CT molecular complexity index is 730. The molecule has 2 heterocycles. The average Bonchev–Trinajstić information content (AvgIpc) is 3.19. The van der Waals surface area contributed by atoms with Crippen LogP contribution in [0.25, 0.3) is 0 Å². The Morgan fingerprint density at radius 2 is 1.83 bits per heavy atom. The topological polar surface area (TPSA) is 12.5 Å². The van der Waals surface area contributed by atoms with Crippen molar-refractivity contribution in [2.75, 3.05) is 13.7 Å². The van der Waals surface area contributed by atoms with Gasteiger partial charge in [-0.05, 0) is 104 Å². The highest BCUT2D eigenvalue weighted by Gasteiger charge is 2.66. The molecule has 0 amide bonds. The van der Waals surface area contributed by atoms with Crippen LogP contribution in [0, 0.1) is 46.3 Å². The third-order valence-electron chi connectivity index (χ3n) is 12.0. The highest BCUT2D eigenvalue weighted by molar-refractivity contribution is 5.26. The predicted molar refractivity (Wildman–Crippen MR) is 123 cm³/mol. The Labute approximate surface area is 185 Å². The number of hydrogen-bond donors (Lipinski definition) is 0. The summed E-state index contributed by atoms with van der Waals surface area (Å²) in [5.41, 5.74) is 2.82. The van der Waals surface area contributed by atoms with Crippen molar-refractivity contribution in [3.05, 3.63) is 11.6 Å². The van der Waals surface area contributed by atoms with Gasteiger partial charge in [-0.1, -0.05) is 39.3 Å². The number of hydrogen-bond acceptors (Lipinski definition) is 2. The van der Waals surface area contributed by atoms with Crippen molar-refractivity contribution in [3.63, 3.8) is 0 Å². The standard InChI is InChI=1S/C28H45NO/c1-17-6-9-24-18(2)26-25(29(24)16-17)15-23-21-8-7-19-14-20(30-5)10-12-27(19,3)22(21)11-13-28(23,26)4/h7,17-18,20-26H,6,8-16H2,1-5H3/t17-,18+,20?,21?,22?,23?,24?,25?,26?,27?,28?/m0/s1. The van der Waals surface area contributed by atoms with Gasteiger partial charge in [-0.25, -0.2) is 0 Å². The maximum Gasteiger partial charge on any atom is 0.0608 e. The number of nitrogens with zero attached hydrogens (tertiary/aromatic N) is 1. The highest BCUT2D eigenvalue weighted by Crippen LogP contribution is 2.69. The van der Waals surface area contributed by atoms with Crippen LogP contribution in [0.3, 0.4) is 0 Å². The first kappa shape index (κ1) is 20.3. The van der Waals surface area contributed by atoms with Crippen molar-refractivity contribution in [2.24, 2.45) is 46.3 Å². The molecule has 6 aliphatic rings. The third-order valence-corrected chi connectivity index (χ3v) is 12.0. The molecule has 2 saturated heterocycles. The lowest BCUT2D eigenvalue weighted by atomic mass is 9.47. The van der Waals surface area contributed by atoms with Crippen molar-refractivity contribution < 1.29 is 4.74 Å². The summed E-state index contributed by atoms with van der Waals surface area (Å²) in [7, 11) is 1.92. The summed E-state index contributed by atoms with van der Waals surface area (Å²) < 4.78 is 5.78. The number of fused-ring (bicyclic) bond motifs is 9. The van der Waals surface area contributed by atoms with Gasteiger partial charge in [-0.3, -0.25) is 4.90 Å². The molecule has 3 saturated carbocycles.